The smallest absolute Gasteiger partial charge is 0.253 e. The number of benzene rings is 1. The lowest BCUT2D eigenvalue weighted by Gasteiger charge is -2.41. The van der Waals surface area contributed by atoms with Crippen LogP contribution in [0.3, 0.4) is 0 Å². The van der Waals surface area contributed by atoms with Crippen molar-refractivity contribution in [2.75, 3.05) is 26.2 Å². The van der Waals surface area contributed by atoms with Crippen molar-refractivity contribution in [2.24, 2.45) is 11.8 Å². The van der Waals surface area contributed by atoms with E-state index in [4.69, 9.17) is 23.2 Å². The lowest BCUT2D eigenvalue weighted by atomic mass is 9.75. The SMILES string of the molecule is O=C(CNC(=O)c1ccc(Cl)cc1Cl)NCC(=O)N1CC[C@@H]2CCCC[C@H]2C1. The fraction of sp³-hybridized carbons (Fsp3) is 0.550. The third-order valence-corrected chi connectivity index (χ3v) is 6.21. The molecule has 0 bridgehead atoms. The quantitative estimate of drug-likeness (QED) is 0.760. The molecule has 8 heteroatoms. The van der Waals surface area contributed by atoms with Crippen LogP contribution in [0.5, 0.6) is 0 Å². The van der Waals surface area contributed by atoms with Crippen LogP contribution in [0.1, 0.15) is 42.5 Å². The zero-order valence-electron chi connectivity index (χ0n) is 15.7. The summed E-state index contributed by atoms with van der Waals surface area (Å²) in [7, 11) is 0. The summed E-state index contributed by atoms with van der Waals surface area (Å²) in [4.78, 5) is 38.4. The van der Waals surface area contributed by atoms with Gasteiger partial charge in [0.25, 0.3) is 5.91 Å². The molecule has 1 aromatic carbocycles. The van der Waals surface area contributed by atoms with Crippen LogP contribution in [0.2, 0.25) is 10.0 Å². The van der Waals surface area contributed by atoms with Gasteiger partial charge in [-0.05, 0) is 42.9 Å². The van der Waals surface area contributed by atoms with E-state index in [0.29, 0.717) is 10.9 Å². The average molecular weight is 426 g/mol. The standard InChI is InChI=1S/C20H25Cl2N3O3/c21-15-5-6-16(17(22)9-15)20(28)24-10-18(26)23-11-19(27)25-8-7-13-3-1-2-4-14(13)12-25/h5-6,9,13-14H,1-4,7-8,10-12H2,(H,23,26)(H,24,28)/t13-,14-/m0/s1. The van der Waals surface area contributed by atoms with Gasteiger partial charge < -0.3 is 15.5 Å². The number of carbonyl (C=O) groups is 3. The number of piperidine rings is 1. The Morgan fingerprint density at radius 2 is 1.75 bits per heavy atom. The van der Waals surface area contributed by atoms with E-state index in [0.717, 1.165) is 25.4 Å². The molecule has 0 aromatic heterocycles. The highest BCUT2D eigenvalue weighted by atomic mass is 35.5. The van der Waals surface area contributed by atoms with Gasteiger partial charge in [0, 0.05) is 18.1 Å². The Bertz CT molecular complexity index is 756. The van der Waals surface area contributed by atoms with E-state index in [9.17, 15) is 14.4 Å². The summed E-state index contributed by atoms with van der Waals surface area (Å²) in [6.07, 6.45) is 6.08. The average Bonchev–Trinajstić information content (AvgIpc) is 2.69. The van der Waals surface area contributed by atoms with Crippen molar-refractivity contribution in [1.29, 1.82) is 0 Å². The fourth-order valence-electron chi connectivity index (χ4n) is 4.11. The van der Waals surface area contributed by atoms with Crippen LogP contribution in [-0.4, -0.2) is 48.8 Å². The number of likely N-dealkylation sites (tertiary alicyclic amines) is 1. The van der Waals surface area contributed by atoms with Gasteiger partial charge >= 0.3 is 0 Å². The maximum Gasteiger partial charge on any atom is 0.253 e. The molecule has 1 heterocycles. The minimum atomic E-state index is -0.470. The third kappa shape index (κ3) is 5.39. The van der Waals surface area contributed by atoms with Crippen molar-refractivity contribution in [3.8, 4) is 0 Å². The number of carbonyl (C=O) groups excluding carboxylic acids is 3. The van der Waals surface area contributed by atoms with E-state index in [-0.39, 0.29) is 29.6 Å². The van der Waals surface area contributed by atoms with E-state index < -0.39 is 11.8 Å². The number of hydrogen-bond donors (Lipinski definition) is 2. The highest BCUT2D eigenvalue weighted by Gasteiger charge is 2.32. The third-order valence-electron chi connectivity index (χ3n) is 5.67. The maximum atomic E-state index is 12.4. The number of nitrogens with one attached hydrogen (secondary N) is 2. The van der Waals surface area contributed by atoms with E-state index in [1.165, 1.54) is 37.8 Å². The Balaban J connectivity index is 1.40. The van der Waals surface area contributed by atoms with Gasteiger partial charge in [0.05, 0.1) is 23.7 Å². The van der Waals surface area contributed by atoms with Crippen molar-refractivity contribution < 1.29 is 14.4 Å². The molecular weight excluding hydrogens is 401 g/mol. The first-order valence-electron chi connectivity index (χ1n) is 9.71. The predicted molar refractivity (Wildman–Crippen MR) is 108 cm³/mol. The maximum absolute atomic E-state index is 12.4. The first kappa shape index (κ1) is 20.9. The molecule has 2 N–H and O–H groups in total. The Morgan fingerprint density at radius 1 is 1.00 bits per heavy atom. The van der Waals surface area contributed by atoms with Crippen molar-refractivity contribution in [3.05, 3.63) is 33.8 Å². The Morgan fingerprint density at radius 3 is 2.50 bits per heavy atom. The predicted octanol–water partition coefficient (Wildman–Crippen LogP) is 2.88. The molecule has 3 rings (SSSR count). The Labute approximate surface area is 174 Å². The van der Waals surface area contributed by atoms with Crippen molar-refractivity contribution in [3.63, 3.8) is 0 Å². The zero-order valence-corrected chi connectivity index (χ0v) is 17.2. The van der Waals surface area contributed by atoms with Gasteiger partial charge in [-0.3, -0.25) is 14.4 Å². The first-order valence-corrected chi connectivity index (χ1v) is 10.5. The van der Waals surface area contributed by atoms with Gasteiger partial charge in [0.1, 0.15) is 0 Å². The number of amides is 3. The fourth-order valence-corrected chi connectivity index (χ4v) is 4.60. The molecule has 2 atom stereocenters. The lowest BCUT2D eigenvalue weighted by Crippen LogP contribution is -2.49. The van der Waals surface area contributed by atoms with Crippen molar-refractivity contribution in [1.82, 2.24) is 15.5 Å². The van der Waals surface area contributed by atoms with Crippen LogP contribution >= 0.6 is 23.2 Å². The van der Waals surface area contributed by atoms with Gasteiger partial charge in [0.15, 0.2) is 0 Å². The summed E-state index contributed by atoms with van der Waals surface area (Å²) < 4.78 is 0. The molecule has 0 spiro atoms. The summed E-state index contributed by atoms with van der Waals surface area (Å²) in [6.45, 7) is 1.29. The number of nitrogens with zero attached hydrogens (tertiary/aromatic N) is 1. The van der Waals surface area contributed by atoms with E-state index in [2.05, 4.69) is 10.6 Å². The van der Waals surface area contributed by atoms with E-state index in [1.54, 1.807) is 6.07 Å². The first-order chi connectivity index (χ1) is 13.4. The molecule has 2 fully saturated rings. The number of hydrogen-bond acceptors (Lipinski definition) is 3. The van der Waals surface area contributed by atoms with Crippen LogP contribution < -0.4 is 10.6 Å². The summed E-state index contributed by atoms with van der Waals surface area (Å²) in [6, 6.07) is 4.51. The van der Waals surface area contributed by atoms with Gasteiger partial charge in [-0.2, -0.15) is 0 Å². The van der Waals surface area contributed by atoms with Crippen molar-refractivity contribution >= 4 is 40.9 Å². The second-order valence-electron chi connectivity index (χ2n) is 7.52. The minimum absolute atomic E-state index is 0.0478. The largest absolute Gasteiger partial charge is 0.345 e. The molecule has 28 heavy (non-hydrogen) atoms. The summed E-state index contributed by atoms with van der Waals surface area (Å²) in [5.41, 5.74) is 0.241. The number of rotatable bonds is 5. The van der Waals surface area contributed by atoms with Crippen LogP contribution in [-0.2, 0) is 9.59 Å². The van der Waals surface area contributed by atoms with Crippen LogP contribution in [0.25, 0.3) is 0 Å². The normalized spacial score (nSPS) is 21.6. The molecule has 1 aliphatic heterocycles. The molecule has 1 saturated heterocycles. The van der Waals surface area contributed by atoms with Gasteiger partial charge in [-0.25, -0.2) is 0 Å². The molecule has 0 radical (unpaired) electrons. The monoisotopic (exact) mass is 425 g/mol. The Hall–Kier alpha value is -1.79. The van der Waals surface area contributed by atoms with Gasteiger partial charge in [0.2, 0.25) is 11.8 Å². The molecule has 152 valence electrons. The topological polar surface area (TPSA) is 78.5 Å². The summed E-state index contributed by atoms with van der Waals surface area (Å²) in [5.74, 6) is 0.402. The van der Waals surface area contributed by atoms with Crippen LogP contribution in [0.15, 0.2) is 18.2 Å². The second kappa shape index (κ2) is 9.61. The second-order valence-corrected chi connectivity index (χ2v) is 8.36. The van der Waals surface area contributed by atoms with E-state index in [1.807, 2.05) is 4.90 Å². The van der Waals surface area contributed by atoms with Gasteiger partial charge in [-0.15, -0.1) is 0 Å². The highest BCUT2D eigenvalue weighted by molar-refractivity contribution is 6.36. The summed E-state index contributed by atoms with van der Waals surface area (Å²) in [5, 5.41) is 5.72. The molecule has 2 aliphatic rings. The number of halogens is 2. The zero-order chi connectivity index (χ0) is 20.1. The van der Waals surface area contributed by atoms with E-state index >= 15 is 0 Å². The highest BCUT2D eigenvalue weighted by Crippen LogP contribution is 2.35. The summed E-state index contributed by atoms with van der Waals surface area (Å²) >= 11 is 11.8. The van der Waals surface area contributed by atoms with Gasteiger partial charge in [-0.1, -0.05) is 42.5 Å². The molecule has 1 aromatic rings. The van der Waals surface area contributed by atoms with Crippen molar-refractivity contribution in [2.45, 2.75) is 32.1 Å². The molecular formula is C20H25Cl2N3O3. The molecule has 1 saturated carbocycles. The Kier molecular flexibility index (Phi) is 7.18. The minimum Gasteiger partial charge on any atom is -0.345 e. The molecule has 1 aliphatic carbocycles. The number of fused-ring (bicyclic) bond motifs is 1. The molecule has 3 amide bonds. The molecule has 6 nitrogen and oxygen atoms in total. The molecule has 0 unspecified atom stereocenters. The van der Waals surface area contributed by atoms with Crippen LogP contribution in [0.4, 0.5) is 0 Å². The van der Waals surface area contributed by atoms with Crippen LogP contribution in [0, 0.1) is 11.8 Å². The lowest BCUT2D eigenvalue weighted by molar-refractivity contribution is -0.135.